The number of H-pyrrole nitrogens is 1. The minimum atomic E-state index is -0.851. The normalized spacial score (nSPS) is 12.1. The maximum atomic E-state index is 13.8. The molecule has 9 heteroatoms. The first-order valence-corrected chi connectivity index (χ1v) is 10.8. The van der Waals surface area contributed by atoms with Gasteiger partial charge >= 0.3 is 0 Å². The van der Waals surface area contributed by atoms with Gasteiger partial charge in [-0.25, -0.2) is 13.2 Å². The SMILES string of the molecule is O=C(Cc1c[nH]c2ccc(F)cc12)NC(Cc1cc(F)cc(F)c1)c1nnc(-c2ccccc2)o1. The van der Waals surface area contributed by atoms with E-state index in [1.807, 2.05) is 18.2 Å². The molecule has 0 radical (unpaired) electrons. The number of fused-ring (bicyclic) bond motifs is 1. The number of amides is 1. The third-order valence-electron chi connectivity index (χ3n) is 5.54. The lowest BCUT2D eigenvalue weighted by Crippen LogP contribution is -2.31. The molecule has 0 spiro atoms. The molecule has 0 fully saturated rings. The molecule has 0 saturated carbocycles. The van der Waals surface area contributed by atoms with Crippen LogP contribution in [0.3, 0.4) is 0 Å². The number of aromatic nitrogens is 3. The number of halogens is 3. The summed E-state index contributed by atoms with van der Waals surface area (Å²) in [5.41, 5.74) is 2.30. The molecule has 0 aliphatic heterocycles. The topological polar surface area (TPSA) is 83.8 Å². The first-order valence-electron chi connectivity index (χ1n) is 10.8. The van der Waals surface area contributed by atoms with E-state index in [0.717, 1.165) is 6.07 Å². The van der Waals surface area contributed by atoms with E-state index < -0.39 is 29.4 Å². The first kappa shape index (κ1) is 22.4. The number of carbonyl (C=O) groups is 1. The standard InChI is InChI=1S/C26H19F3N4O2/c27-18-6-7-22-21(13-18)17(14-30-22)11-24(34)31-23(10-15-8-19(28)12-20(29)9-15)26-33-32-25(35-26)16-4-2-1-3-5-16/h1-9,12-14,23,30H,10-11H2,(H,31,34). The van der Waals surface area contributed by atoms with Gasteiger partial charge in [0.15, 0.2) is 0 Å². The highest BCUT2D eigenvalue weighted by molar-refractivity contribution is 5.89. The molecule has 3 aromatic carbocycles. The van der Waals surface area contributed by atoms with Gasteiger partial charge in [-0.15, -0.1) is 10.2 Å². The summed E-state index contributed by atoms with van der Waals surface area (Å²) >= 11 is 0. The number of hydrogen-bond donors (Lipinski definition) is 2. The van der Waals surface area contributed by atoms with Gasteiger partial charge in [0, 0.05) is 35.2 Å². The number of hydrogen-bond acceptors (Lipinski definition) is 4. The van der Waals surface area contributed by atoms with Crippen molar-refractivity contribution in [2.45, 2.75) is 18.9 Å². The average molecular weight is 476 g/mol. The molecule has 2 heterocycles. The smallest absolute Gasteiger partial charge is 0.247 e. The highest BCUT2D eigenvalue weighted by atomic mass is 19.1. The Kier molecular flexibility index (Phi) is 6.05. The van der Waals surface area contributed by atoms with E-state index in [1.54, 1.807) is 24.4 Å². The van der Waals surface area contributed by atoms with E-state index in [1.165, 1.54) is 24.3 Å². The third-order valence-corrected chi connectivity index (χ3v) is 5.54. The summed E-state index contributed by atoms with van der Waals surface area (Å²) in [7, 11) is 0. The molecule has 0 aliphatic carbocycles. The van der Waals surface area contributed by atoms with Crippen molar-refractivity contribution in [2.24, 2.45) is 0 Å². The zero-order valence-electron chi connectivity index (χ0n) is 18.3. The Morgan fingerprint density at radius 1 is 0.943 bits per heavy atom. The van der Waals surface area contributed by atoms with Crippen molar-refractivity contribution in [1.82, 2.24) is 20.5 Å². The van der Waals surface area contributed by atoms with Crippen LogP contribution in [0.1, 0.15) is 23.1 Å². The van der Waals surface area contributed by atoms with Gasteiger partial charge in [0.1, 0.15) is 23.5 Å². The predicted molar refractivity (Wildman–Crippen MR) is 123 cm³/mol. The molecule has 1 atom stereocenters. The second-order valence-electron chi connectivity index (χ2n) is 8.09. The fraction of sp³-hybridized carbons (Fsp3) is 0.115. The zero-order chi connectivity index (χ0) is 24.4. The second kappa shape index (κ2) is 9.46. The van der Waals surface area contributed by atoms with Gasteiger partial charge in [-0.3, -0.25) is 4.79 Å². The van der Waals surface area contributed by atoms with E-state index in [4.69, 9.17) is 4.42 Å². The zero-order valence-corrected chi connectivity index (χ0v) is 18.3. The molecule has 0 aliphatic rings. The van der Waals surface area contributed by atoms with E-state index in [9.17, 15) is 18.0 Å². The van der Waals surface area contributed by atoms with Crippen molar-refractivity contribution in [1.29, 1.82) is 0 Å². The fourth-order valence-electron chi connectivity index (χ4n) is 3.95. The molecule has 5 aromatic rings. The largest absolute Gasteiger partial charge is 0.418 e. The molecule has 2 N–H and O–H groups in total. The molecule has 1 amide bonds. The van der Waals surface area contributed by atoms with Gasteiger partial charge in [-0.05, 0) is 53.6 Å². The summed E-state index contributed by atoms with van der Waals surface area (Å²) in [4.78, 5) is 16.0. The Morgan fingerprint density at radius 2 is 1.71 bits per heavy atom. The number of carbonyl (C=O) groups excluding carboxylic acids is 1. The Bertz CT molecular complexity index is 1480. The van der Waals surface area contributed by atoms with Crippen LogP contribution < -0.4 is 5.32 Å². The molecule has 35 heavy (non-hydrogen) atoms. The Morgan fingerprint density at radius 3 is 2.49 bits per heavy atom. The van der Waals surface area contributed by atoms with Crippen molar-refractivity contribution in [2.75, 3.05) is 0 Å². The molecule has 5 rings (SSSR count). The van der Waals surface area contributed by atoms with Crippen LogP contribution in [0.15, 0.2) is 77.3 Å². The van der Waals surface area contributed by atoms with E-state index in [-0.39, 0.29) is 24.6 Å². The van der Waals surface area contributed by atoms with Crippen molar-refractivity contribution in [3.05, 3.63) is 107 Å². The number of aromatic amines is 1. The maximum absolute atomic E-state index is 13.8. The van der Waals surface area contributed by atoms with Crippen molar-refractivity contribution >= 4 is 16.8 Å². The fourth-order valence-corrected chi connectivity index (χ4v) is 3.95. The summed E-state index contributed by atoms with van der Waals surface area (Å²) in [6, 6.07) is 15.6. The highest BCUT2D eigenvalue weighted by Gasteiger charge is 2.23. The predicted octanol–water partition coefficient (Wildman–Crippen LogP) is 5.28. The first-order chi connectivity index (χ1) is 16.9. The lowest BCUT2D eigenvalue weighted by Gasteiger charge is -2.16. The van der Waals surface area contributed by atoms with Crippen LogP contribution in [0.4, 0.5) is 13.2 Å². The Labute approximate surface area is 197 Å². The average Bonchev–Trinajstić information content (AvgIpc) is 3.46. The van der Waals surface area contributed by atoms with Gasteiger partial charge in [0.25, 0.3) is 0 Å². The monoisotopic (exact) mass is 476 g/mol. The lowest BCUT2D eigenvalue weighted by molar-refractivity contribution is -0.121. The number of nitrogens with one attached hydrogen (secondary N) is 2. The molecular weight excluding hydrogens is 457 g/mol. The number of rotatable bonds is 7. The lowest BCUT2D eigenvalue weighted by atomic mass is 10.0. The molecule has 2 aromatic heterocycles. The van der Waals surface area contributed by atoms with Crippen LogP contribution in [-0.2, 0) is 17.6 Å². The van der Waals surface area contributed by atoms with Gasteiger partial charge < -0.3 is 14.7 Å². The van der Waals surface area contributed by atoms with E-state index >= 15 is 0 Å². The number of nitrogens with zero attached hydrogens (tertiary/aromatic N) is 2. The molecule has 0 bridgehead atoms. The van der Waals surface area contributed by atoms with Crippen molar-refractivity contribution in [3.8, 4) is 11.5 Å². The molecule has 0 saturated heterocycles. The summed E-state index contributed by atoms with van der Waals surface area (Å²) in [6.07, 6.45) is 1.59. The van der Waals surface area contributed by atoms with Crippen LogP contribution in [0.2, 0.25) is 0 Å². The maximum Gasteiger partial charge on any atom is 0.247 e. The van der Waals surface area contributed by atoms with Gasteiger partial charge in [0.05, 0.1) is 6.42 Å². The van der Waals surface area contributed by atoms with Crippen LogP contribution in [-0.4, -0.2) is 21.1 Å². The Hall–Kier alpha value is -4.40. The van der Waals surface area contributed by atoms with Crippen LogP contribution in [0.25, 0.3) is 22.4 Å². The molecule has 1 unspecified atom stereocenters. The van der Waals surface area contributed by atoms with Gasteiger partial charge in [0.2, 0.25) is 17.7 Å². The van der Waals surface area contributed by atoms with Crippen LogP contribution >= 0.6 is 0 Å². The summed E-state index contributed by atoms with van der Waals surface area (Å²) in [5.74, 6) is -1.95. The number of benzene rings is 3. The van der Waals surface area contributed by atoms with E-state index in [0.29, 0.717) is 27.6 Å². The van der Waals surface area contributed by atoms with E-state index in [2.05, 4.69) is 20.5 Å². The van der Waals surface area contributed by atoms with Gasteiger partial charge in [-0.2, -0.15) is 0 Å². The Balaban J connectivity index is 1.42. The minimum absolute atomic E-state index is 0.0132. The van der Waals surface area contributed by atoms with Crippen molar-refractivity contribution in [3.63, 3.8) is 0 Å². The van der Waals surface area contributed by atoms with Crippen LogP contribution in [0, 0.1) is 17.5 Å². The van der Waals surface area contributed by atoms with Crippen LogP contribution in [0.5, 0.6) is 0 Å². The minimum Gasteiger partial charge on any atom is -0.418 e. The molecule has 176 valence electrons. The molecule has 6 nitrogen and oxygen atoms in total. The molecular formula is C26H19F3N4O2. The second-order valence-corrected chi connectivity index (χ2v) is 8.09. The summed E-state index contributed by atoms with van der Waals surface area (Å²) in [6.45, 7) is 0. The third kappa shape index (κ3) is 5.08. The van der Waals surface area contributed by atoms with Gasteiger partial charge in [-0.1, -0.05) is 18.2 Å². The summed E-state index contributed by atoms with van der Waals surface area (Å²) < 4.78 is 47.1. The highest BCUT2D eigenvalue weighted by Crippen LogP contribution is 2.25. The summed E-state index contributed by atoms with van der Waals surface area (Å²) in [5, 5.41) is 11.5. The quantitative estimate of drug-likeness (QED) is 0.335. The van der Waals surface area contributed by atoms with Crippen molar-refractivity contribution < 1.29 is 22.4 Å².